The van der Waals surface area contributed by atoms with E-state index in [1.54, 1.807) is 0 Å². The van der Waals surface area contributed by atoms with Gasteiger partial charge in [0, 0.05) is 45.1 Å². The van der Waals surface area contributed by atoms with Crippen molar-refractivity contribution in [2.75, 3.05) is 39.4 Å². The number of nitrogens with zero attached hydrogens (tertiary/aromatic N) is 3. The largest absolute Gasteiger partial charge is 0.378 e. The van der Waals surface area contributed by atoms with Gasteiger partial charge >= 0.3 is 0 Å². The van der Waals surface area contributed by atoms with Crippen molar-refractivity contribution in [1.82, 2.24) is 14.8 Å². The number of ether oxygens (including phenoxy) is 1. The molecular formula is C17H25N3O2. The fourth-order valence-corrected chi connectivity index (χ4v) is 3.44. The van der Waals surface area contributed by atoms with Crippen molar-refractivity contribution in [2.24, 2.45) is 11.8 Å². The van der Waals surface area contributed by atoms with Crippen LogP contribution in [-0.4, -0.2) is 60.1 Å². The maximum absolute atomic E-state index is 12.7. The number of pyridine rings is 1. The van der Waals surface area contributed by atoms with Gasteiger partial charge < -0.3 is 9.64 Å². The minimum absolute atomic E-state index is 0.120. The highest BCUT2D eigenvalue weighted by Crippen LogP contribution is 2.27. The maximum Gasteiger partial charge on any atom is 0.227 e. The van der Waals surface area contributed by atoms with Gasteiger partial charge in [-0.3, -0.25) is 14.7 Å². The standard InChI is InChI=1S/C17H25N3O2/c1-13-3-4-18-9-15(13)11-19-10-14(2)16(12-19)17(21)20-5-7-22-8-6-20/h3-4,9,14,16H,5-8,10-12H2,1-2H3/t14-,16-/m1/s1. The molecule has 22 heavy (non-hydrogen) atoms. The first-order chi connectivity index (χ1) is 10.6. The molecule has 2 aliphatic heterocycles. The monoisotopic (exact) mass is 303 g/mol. The van der Waals surface area contributed by atoms with Gasteiger partial charge in [0.1, 0.15) is 0 Å². The molecule has 0 radical (unpaired) electrons. The molecule has 1 amide bonds. The molecular weight excluding hydrogens is 278 g/mol. The van der Waals surface area contributed by atoms with Crippen molar-refractivity contribution in [1.29, 1.82) is 0 Å². The van der Waals surface area contributed by atoms with E-state index in [1.165, 1.54) is 11.1 Å². The zero-order chi connectivity index (χ0) is 15.5. The molecule has 0 N–H and O–H groups in total. The van der Waals surface area contributed by atoms with Crippen LogP contribution in [0.15, 0.2) is 18.5 Å². The molecule has 3 heterocycles. The summed E-state index contributed by atoms with van der Waals surface area (Å²) < 4.78 is 5.34. The lowest BCUT2D eigenvalue weighted by molar-refractivity contribution is -0.140. The van der Waals surface area contributed by atoms with E-state index >= 15 is 0 Å². The zero-order valence-corrected chi connectivity index (χ0v) is 13.5. The van der Waals surface area contributed by atoms with Gasteiger partial charge in [-0.15, -0.1) is 0 Å². The Balaban J connectivity index is 1.61. The molecule has 120 valence electrons. The van der Waals surface area contributed by atoms with Gasteiger partial charge in [-0.2, -0.15) is 0 Å². The molecule has 2 saturated heterocycles. The normalized spacial score (nSPS) is 26.4. The van der Waals surface area contributed by atoms with Gasteiger partial charge in [0.2, 0.25) is 5.91 Å². The van der Waals surface area contributed by atoms with E-state index in [-0.39, 0.29) is 5.92 Å². The highest BCUT2D eigenvalue weighted by Gasteiger charge is 2.37. The topological polar surface area (TPSA) is 45.7 Å². The van der Waals surface area contributed by atoms with E-state index in [0.29, 0.717) is 25.0 Å². The van der Waals surface area contributed by atoms with Crippen LogP contribution in [0.1, 0.15) is 18.1 Å². The van der Waals surface area contributed by atoms with E-state index in [9.17, 15) is 4.79 Å². The van der Waals surface area contributed by atoms with Crippen LogP contribution in [0.25, 0.3) is 0 Å². The minimum Gasteiger partial charge on any atom is -0.378 e. The van der Waals surface area contributed by atoms with Crippen LogP contribution >= 0.6 is 0 Å². The van der Waals surface area contributed by atoms with E-state index in [4.69, 9.17) is 4.74 Å². The molecule has 0 aromatic carbocycles. The van der Waals surface area contributed by atoms with E-state index in [2.05, 4.69) is 23.7 Å². The molecule has 2 aliphatic rings. The summed E-state index contributed by atoms with van der Waals surface area (Å²) in [4.78, 5) is 21.3. The first kappa shape index (κ1) is 15.4. The second-order valence-corrected chi connectivity index (χ2v) is 6.52. The zero-order valence-electron chi connectivity index (χ0n) is 13.5. The van der Waals surface area contributed by atoms with Gasteiger partial charge in [0.05, 0.1) is 19.1 Å². The molecule has 0 saturated carbocycles. The second-order valence-electron chi connectivity index (χ2n) is 6.52. The highest BCUT2D eigenvalue weighted by molar-refractivity contribution is 5.79. The number of morpholine rings is 1. The number of rotatable bonds is 3. The van der Waals surface area contributed by atoms with Crippen molar-refractivity contribution < 1.29 is 9.53 Å². The Morgan fingerprint density at radius 3 is 2.86 bits per heavy atom. The second kappa shape index (κ2) is 6.75. The van der Waals surface area contributed by atoms with Crippen LogP contribution in [0.3, 0.4) is 0 Å². The quantitative estimate of drug-likeness (QED) is 0.845. The van der Waals surface area contributed by atoms with Gasteiger partial charge in [-0.25, -0.2) is 0 Å². The summed E-state index contributed by atoms with van der Waals surface area (Å²) in [5, 5.41) is 0. The van der Waals surface area contributed by atoms with Crippen molar-refractivity contribution in [2.45, 2.75) is 20.4 Å². The van der Waals surface area contributed by atoms with Gasteiger partial charge in [-0.1, -0.05) is 6.92 Å². The summed E-state index contributed by atoms with van der Waals surface area (Å²) in [6.45, 7) is 9.86. The van der Waals surface area contributed by atoms with Crippen LogP contribution in [0, 0.1) is 18.8 Å². The molecule has 5 nitrogen and oxygen atoms in total. The number of carbonyl (C=O) groups is 1. The lowest BCUT2D eigenvalue weighted by Crippen LogP contribution is -2.45. The summed E-state index contributed by atoms with van der Waals surface area (Å²) in [6, 6.07) is 2.05. The Kier molecular flexibility index (Phi) is 4.74. The number of aryl methyl sites for hydroxylation is 1. The van der Waals surface area contributed by atoms with Crippen molar-refractivity contribution >= 4 is 5.91 Å². The third-order valence-corrected chi connectivity index (χ3v) is 4.87. The fourth-order valence-electron chi connectivity index (χ4n) is 3.44. The lowest BCUT2D eigenvalue weighted by Gasteiger charge is -2.30. The lowest BCUT2D eigenvalue weighted by atomic mass is 9.96. The molecule has 0 spiro atoms. The molecule has 1 aromatic rings. The Morgan fingerprint density at radius 1 is 1.36 bits per heavy atom. The number of likely N-dealkylation sites (tertiary alicyclic amines) is 1. The van der Waals surface area contributed by atoms with Crippen molar-refractivity contribution in [3.63, 3.8) is 0 Å². The molecule has 3 rings (SSSR count). The first-order valence-electron chi connectivity index (χ1n) is 8.13. The molecule has 2 fully saturated rings. The average Bonchev–Trinajstić information content (AvgIpc) is 2.90. The van der Waals surface area contributed by atoms with Crippen LogP contribution < -0.4 is 0 Å². The first-order valence-corrected chi connectivity index (χ1v) is 8.13. The van der Waals surface area contributed by atoms with Gasteiger partial charge in [0.15, 0.2) is 0 Å². The Labute approximate surface area is 132 Å². The maximum atomic E-state index is 12.7. The molecule has 0 aliphatic carbocycles. The number of hydrogen-bond acceptors (Lipinski definition) is 4. The summed E-state index contributed by atoms with van der Waals surface area (Å²) >= 11 is 0. The molecule has 5 heteroatoms. The van der Waals surface area contributed by atoms with E-state index < -0.39 is 0 Å². The average molecular weight is 303 g/mol. The van der Waals surface area contributed by atoms with Crippen LogP contribution in [0.4, 0.5) is 0 Å². The number of hydrogen-bond donors (Lipinski definition) is 0. The summed E-state index contributed by atoms with van der Waals surface area (Å²) in [7, 11) is 0. The smallest absolute Gasteiger partial charge is 0.227 e. The predicted molar refractivity (Wildman–Crippen MR) is 84.3 cm³/mol. The summed E-state index contributed by atoms with van der Waals surface area (Å²) in [6.07, 6.45) is 3.77. The van der Waals surface area contributed by atoms with Gasteiger partial charge in [-0.05, 0) is 30.0 Å². The number of carbonyl (C=O) groups excluding carboxylic acids is 1. The highest BCUT2D eigenvalue weighted by atomic mass is 16.5. The van der Waals surface area contributed by atoms with E-state index in [0.717, 1.165) is 32.7 Å². The van der Waals surface area contributed by atoms with Crippen molar-refractivity contribution in [3.05, 3.63) is 29.6 Å². The Hall–Kier alpha value is -1.46. The molecule has 0 unspecified atom stereocenters. The molecule has 0 bridgehead atoms. The number of amides is 1. The molecule has 1 aromatic heterocycles. The minimum atomic E-state index is 0.120. The van der Waals surface area contributed by atoms with Crippen LogP contribution in [0.2, 0.25) is 0 Å². The van der Waals surface area contributed by atoms with Gasteiger partial charge in [0.25, 0.3) is 0 Å². The third kappa shape index (κ3) is 3.31. The van der Waals surface area contributed by atoms with Crippen LogP contribution in [-0.2, 0) is 16.1 Å². The predicted octanol–water partition coefficient (Wildman–Crippen LogP) is 1.32. The molecule has 2 atom stereocenters. The van der Waals surface area contributed by atoms with E-state index in [1.807, 2.05) is 23.4 Å². The van der Waals surface area contributed by atoms with Crippen LogP contribution in [0.5, 0.6) is 0 Å². The summed E-state index contributed by atoms with van der Waals surface area (Å²) in [5.41, 5.74) is 2.53. The fraction of sp³-hybridized carbons (Fsp3) is 0.647. The SMILES string of the molecule is Cc1ccncc1CN1C[C@@H](C)[C@H](C(=O)N2CCOCC2)C1. The Morgan fingerprint density at radius 2 is 2.14 bits per heavy atom. The number of aromatic nitrogens is 1. The summed E-state index contributed by atoms with van der Waals surface area (Å²) in [5.74, 6) is 0.837. The Bertz CT molecular complexity index is 528. The van der Waals surface area contributed by atoms with Crippen molar-refractivity contribution in [3.8, 4) is 0 Å². The third-order valence-electron chi connectivity index (χ3n) is 4.87.